The Morgan fingerprint density at radius 3 is 2.74 bits per heavy atom. The van der Waals surface area contributed by atoms with Crippen LogP contribution in [-0.2, 0) is 0 Å². The van der Waals surface area contributed by atoms with Gasteiger partial charge in [0, 0.05) is 16.8 Å². The Bertz CT molecular complexity index is 625. The number of anilines is 1. The van der Waals surface area contributed by atoms with E-state index in [0.29, 0.717) is 5.75 Å². The first-order valence-corrected chi connectivity index (χ1v) is 6.23. The van der Waals surface area contributed by atoms with Crippen molar-refractivity contribution in [3.8, 4) is 18.1 Å². The highest BCUT2D eigenvalue weighted by Gasteiger charge is 2.10. The van der Waals surface area contributed by atoms with Crippen molar-refractivity contribution in [3.05, 3.63) is 59.2 Å². The number of hydrogen-bond donors (Lipinski definition) is 2. The van der Waals surface area contributed by atoms with Gasteiger partial charge < -0.3 is 10.4 Å². The van der Waals surface area contributed by atoms with Crippen molar-refractivity contribution in [2.24, 2.45) is 0 Å². The van der Waals surface area contributed by atoms with Crippen molar-refractivity contribution in [3.63, 3.8) is 0 Å². The summed E-state index contributed by atoms with van der Waals surface area (Å²) in [6.45, 7) is 4.02. The normalized spacial score (nSPS) is 11.6. The summed E-state index contributed by atoms with van der Waals surface area (Å²) < 4.78 is 0. The summed E-state index contributed by atoms with van der Waals surface area (Å²) in [6.07, 6.45) is 5.39. The average molecular weight is 251 g/mol. The van der Waals surface area contributed by atoms with Crippen molar-refractivity contribution in [2.45, 2.75) is 19.9 Å². The quantitative estimate of drug-likeness (QED) is 0.812. The van der Waals surface area contributed by atoms with Crippen LogP contribution in [0, 0.1) is 19.3 Å². The first-order valence-electron chi connectivity index (χ1n) is 6.23. The molecule has 0 fully saturated rings. The molecule has 96 valence electrons. The van der Waals surface area contributed by atoms with Gasteiger partial charge in [0.05, 0.1) is 6.04 Å². The third-order valence-electron chi connectivity index (χ3n) is 3.06. The maximum Gasteiger partial charge on any atom is 0.120 e. The Morgan fingerprint density at radius 2 is 2.00 bits per heavy atom. The number of phenols is 1. The van der Waals surface area contributed by atoms with Gasteiger partial charge in [0.25, 0.3) is 0 Å². The molecule has 0 aliphatic heterocycles. The molecule has 1 unspecified atom stereocenters. The molecule has 0 amide bonds. The van der Waals surface area contributed by atoms with Crippen LogP contribution in [0.2, 0.25) is 0 Å². The fourth-order valence-electron chi connectivity index (χ4n) is 2.05. The molecule has 0 radical (unpaired) electrons. The fourth-order valence-corrected chi connectivity index (χ4v) is 2.05. The summed E-state index contributed by atoms with van der Waals surface area (Å²) in [7, 11) is 0. The minimum atomic E-state index is 0.00734. The topological polar surface area (TPSA) is 32.3 Å². The van der Waals surface area contributed by atoms with E-state index in [9.17, 15) is 5.11 Å². The van der Waals surface area contributed by atoms with Crippen LogP contribution in [0.3, 0.4) is 0 Å². The van der Waals surface area contributed by atoms with E-state index in [1.54, 1.807) is 6.07 Å². The number of rotatable bonds is 3. The molecule has 0 aliphatic rings. The van der Waals surface area contributed by atoms with Gasteiger partial charge in [-0.05, 0) is 38.1 Å². The Labute approximate surface area is 114 Å². The molecule has 0 spiro atoms. The SMILES string of the molecule is C#Cc1cccc(NC(C)c2cc(C)ccc2O)c1. The highest BCUT2D eigenvalue weighted by Crippen LogP contribution is 2.27. The van der Waals surface area contributed by atoms with Crippen LogP contribution in [-0.4, -0.2) is 5.11 Å². The van der Waals surface area contributed by atoms with Crippen LogP contribution < -0.4 is 5.32 Å². The third kappa shape index (κ3) is 3.08. The maximum atomic E-state index is 9.91. The van der Waals surface area contributed by atoms with E-state index in [0.717, 1.165) is 22.4 Å². The number of terminal acetylenes is 1. The largest absolute Gasteiger partial charge is 0.508 e. The Hall–Kier alpha value is -2.40. The molecule has 2 nitrogen and oxygen atoms in total. The van der Waals surface area contributed by atoms with Crippen molar-refractivity contribution in [1.82, 2.24) is 0 Å². The van der Waals surface area contributed by atoms with Crippen LogP contribution in [0.4, 0.5) is 5.69 Å². The summed E-state index contributed by atoms with van der Waals surface area (Å²) in [4.78, 5) is 0. The summed E-state index contributed by atoms with van der Waals surface area (Å²) in [5.74, 6) is 2.92. The molecule has 1 atom stereocenters. The van der Waals surface area contributed by atoms with E-state index in [-0.39, 0.29) is 6.04 Å². The van der Waals surface area contributed by atoms with E-state index < -0.39 is 0 Å². The van der Waals surface area contributed by atoms with Gasteiger partial charge in [-0.2, -0.15) is 0 Å². The first-order chi connectivity index (χ1) is 9.10. The van der Waals surface area contributed by atoms with E-state index in [1.165, 1.54) is 0 Å². The maximum absolute atomic E-state index is 9.91. The van der Waals surface area contributed by atoms with Gasteiger partial charge in [-0.15, -0.1) is 6.42 Å². The molecule has 0 heterocycles. The van der Waals surface area contributed by atoms with Crippen LogP contribution >= 0.6 is 0 Å². The molecule has 19 heavy (non-hydrogen) atoms. The minimum Gasteiger partial charge on any atom is -0.508 e. The molecule has 0 saturated heterocycles. The first kappa shape index (κ1) is 13.0. The number of phenolic OH excluding ortho intramolecular Hbond substituents is 1. The standard InChI is InChI=1S/C17H17NO/c1-4-14-6-5-7-15(11-14)18-13(3)16-10-12(2)8-9-17(16)19/h1,5-11,13,18-19H,2-3H3. The second kappa shape index (κ2) is 5.49. The lowest BCUT2D eigenvalue weighted by Gasteiger charge is -2.17. The summed E-state index contributed by atoms with van der Waals surface area (Å²) in [5, 5.41) is 13.3. The van der Waals surface area contributed by atoms with Crippen LogP contribution in [0.25, 0.3) is 0 Å². The van der Waals surface area contributed by atoms with Gasteiger partial charge in [0.15, 0.2) is 0 Å². The molecule has 2 N–H and O–H groups in total. The van der Waals surface area contributed by atoms with Gasteiger partial charge in [0.1, 0.15) is 5.75 Å². The summed E-state index contributed by atoms with van der Waals surface area (Å²) in [6, 6.07) is 13.3. The van der Waals surface area contributed by atoms with Crippen LogP contribution in [0.15, 0.2) is 42.5 Å². The van der Waals surface area contributed by atoms with Crippen LogP contribution in [0.5, 0.6) is 5.75 Å². The zero-order chi connectivity index (χ0) is 13.8. The van der Waals surface area contributed by atoms with Gasteiger partial charge in [-0.1, -0.05) is 29.7 Å². The van der Waals surface area contributed by atoms with Gasteiger partial charge >= 0.3 is 0 Å². The van der Waals surface area contributed by atoms with E-state index >= 15 is 0 Å². The number of aryl methyl sites for hydroxylation is 1. The van der Waals surface area contributed by atoms with Crippen LogP contribution in [0.1, 0.15) is 29.7 Å². The molecular weight excluding hydrogens is 234 g/mol. The Balaban J connectivity index is 2.23. The number of aromatic hydroxyl groups is 1. The summed E-state index contributed by atoms with van der Waals surface area (Å²) >= 11 is 0. The molecular formula is C17H17NO. The van der Waals surface area contributed by atoms with Crippen molar-refractivity contribution in [2.75, 3.05) is 5.32 Å². The minimum absolute atomic E-state index is 0.00734. The van der Waals surface area contributed by atoms with Crippen molar-refractivity contribution in [1.29, 1.82) is 0 Å². The van der Waals surface area contributed by atoms with Gasteiger partial charge in [-0.25, -0.2) is 0 Å². The zero-order valence-electron chi connectivity index (χ0n) is 11.1. The van der Waals surface area contributed by atoms with Crippen molar-refractivity contribution < 1.29 is 5.11 Å². The second-order valence-corrected chi connectivity index (χ2v) is 4.65. The number of hydrogen-bond acceptors (Lipinski definition) is 2. The molecule has 0 bridgehead atoms. The predicted octanol–water partition coefficient (Wildman–Crippen LogP) is 3.86. The fraction of sp³-hybridized carbons (Fsp3) is 0.176. The molecule has 2 aromatic carbocycles. The lowest BCUT2D eigenvalue weighted by atomic mass is 10.0. The average Bonchev–Trinajstić information content (AvgIpc) is 2.41. The molecule has 0 aliphatic carbocycles. The van der Waals surface area contributed by atoms with E-state index in [2.05, 4.69) is 11.2 Å². The Kier molecular flexibility index (Phi) is 3.77. The van der Waals surface area contributed by atoms with E-state index in [1.807, 2.05) is 50.2 Å². The number of benzene rings is 2. The third-order valence-corrected chi connectivity index (χ3v) is 3.06. The zero-order valence-corrected chi connectivity index (χ0v) is 11.1. The second-order valence-electron chi connectivity index (χ2n) is 4.65. The lowest BCUT2D eigenvalue weighted by Crippen LogP contribution is -2.07. The smallest absolute Gasteiger partial charge is 0.120 e. The monoisotopic (exact) mass is 251 g/mol. The van der Waals surface area contributed by atoms with Gasteiger partial charge in [0.2, 0.25) is 0 Å². The number of nitrogens with one attached hydrogen (secondary N) is 1. The van der Waals surface area contributed by atoms with Crippen molar-refractivity contribution >= 4 is 5.69 Å². The molecule has 0 aromatic heterocycles. The molecule has 2 heteroatoms. The van der Waals surface area contributed by atoms with Gasteiger partial charge in [-0.3, -0.25) is 0 Å². The highest BCUT2D eigenvalue weighted by atomic mass is 16.3. The molecule has 0 saturated carbocycles. The highest BCUT2D eigenvalue weighted by molar-refractivity contribution is 5.52. The molecule has 2 aromatic rings. The predicted molar refractivity (Wildman–Crippen MR) is 79.3 cm³/mol. The van der Waals surface area contributed by atoms with E-state index in [4.69, 9.17) is 6.42 Å². The summed E-state index contributed by atoms with van der Waals surface area (Å²) in [5.41, 5.74) is 3.79. The lowest BCUT2D eigenvalue weighted by molar-refractivity contribution is 0.465. The Morgan fingerprint density at radius 1 is 1.21 bits per heavy atom. The molecule has 2 rings (SSSR count).